The van der Waals surface area contributed by atoms with Crippen molar-refractivity contribution in [3.8, 4) is 0 Å². The van der Waals surface area contributed by atoms with Crippen molar-refractivity contribution in [3.05, 3.63) is 45.4 Å². The van der Waals surface area contributed by atoms with E-state index >= 15 is 0 Å². The van der Waals surface area contributed by atoms with Crippen LogP contribution in [0.1, 0.15) is 25.9 Å². The van der Waals surface area contributed by atoms with Gasteiger partial charge in [0, 0.05) is 12.2 Å². The van der Waals surface area contributed by atoms with Crippen LogP contribution in [-0.4, -0.2) is 10.9 Å². The molecule has 0 unspecified atom stereocenters. The monoisotopic (exact) mass is 261 g/mol. The zero-order valence-corrected chi connectivity index (χ0v) is 11.2. The molecule has 0 atom stereocenters. The van der Waals surface area contributed by atoms with Gasteiger partial charge in [0.25, 0.3) is 5.91 Å². The van der Waals surface area contributed by atoms with Crippen molar-refractivity contribution in [3.63, 3.8) is 0 Å². The summed E-state index contributed by atoms with van der Waals surface area (Å²) < 4.78 is 0. The second kappa shape index (κ2) is 5.29. The fourth-order valence-electron chi connectivity index (χ4n) is 1.71. The number of hydrogen-bond donors (Lipinski definition) is 2. The maximum Gasteiger partial charge on any atom is 0.267 e. The number of nitrogens with zero attached hydrogens (tertiary/aromatic N) is 1. The summed E-state index contributed by atoms with van der Waals surface area (Å²) in [6.07, 6.45) is 0. The van der Waals surface area contributed by atoms with Crippen molar-refractivity contribution >= 4 is 22.9 Å². The first kappa shape index (κ1) is 12.7. The van der Waals surface area contributed by atoms with E-state index in [-0.39, 0.29) is 5.91 Å². The molecular weight excluding hydrogens is 246 g/mol. The Morgan fingerprint density at radius 3 is 2.83 bits per heavy atom. The van der Waals surface area contributed by atoms with Crippen LogP contribution in [0.3, 0.4) is 0 Å². The molecular formula is C13H15N3OS. The summed E-state index contributed by atoms with van der Waals surface area (Å²) in [5.74, 6) is -0.118. The van der Waals surface area contributed by atoms with Gasteiger partial charge >= 0.3 is 0 Å². The number of nitrogens with two attached hydrogens (primary N) is 1. The Morgan fingerprint density at radius 2 is 2.22 bits per heavy atom. The molecule has 2 aromatic rings. The van der Waals surface area contributed by atoms with Crippen LogP contribution in [0.2, 0.25) is 0 Å². The number of benzene rings is 1. The van der Waals surface area contributed by atoms with Gasteiger partial charge in [-0.05, 0) is 31.5 Å². The van der Waals surface area contributed by atoms with Crippen LogP contribution >= 0.6 is 11.3 Å². The lowest BCUT2D eigenvalue weighted by atomic mass is 10.2. The molecule has 94 valence electrons. The number of aromatic nitrogens is 1. The van der Waals surface area contributed by atoms with E-state index < -0.39 is 0 Å². The summed E-state index contributed by atoms with van der Waals surface area (Å²) in [6, 6.07) is 7.53. The van der Waals surface area contributed by atoms with E-state index in [2.05, 4.69) is 10.3 Å². The molecule has 0 bridgehead atoms. The molecule has 1 aromatic carbocycles. The smallest absolute Gasteiger partial charge is 0.267 e. The quantitative estimate of drug-likeness (QED) is 0.891. The molecule has 0 fully saturated rings. The average Bonchev–Trinajstić information content (AvgIpc) is 2.69. The number of aryl methyl sites for hydroxylation is 2. The third-order valence-corrected chi connectivity index (χ3v) is 3.60. The van der Waals surface area contributed by atoms with E-state index in [1.165, 1.54) is 11.3 Å². The Bertz CT molecular complexity index is 577. The first-order valence-corrected chi connectivity index (χ1v) is 6.46. The molecule has 0 radical (unpaired) electrons. The van der Waals surface area contributed by atoms with Crippen LogP contribution in [0.4, 0.5) is 5.69 Å². The Labute approximate surface area is 110 Å². The first-order chi connectivity index (χ1) is 8.60. The second-order valence-corrected chi connectivity index (χ2v) is 5.21. The highest BCUT2D eigenvalue weighted by atomic mass is 32.1. The van der Waals surface area contributed by atoms with Gasteiger partial charge in [0.15, 0.2) is 0 Å². The highest BCUT2D eigenvalue weighted by Crippen LogP contribution is 2.19. The van der Waals surface area contributed by atoms with Gasteiger partial charge in [-0.15, -0.1) is 11.3 Å². The molecule has 1 aromatic heterocycles. The molecule has 0 aliphatic rings. The normalized spacial score (nSPS) is 10.4. The molecule has 4 nitrogen and oxygen atoms in total. The van der Waals surface area contributed by atoms with Crippen molar-refractivity contribution in [2.75, 3.05) is 5.32 Å². The molecule has 5 heteroatoms. The Kier molecular flexibility index (Phi) is 3.74. The summed E-state index contributed by atoms with van der Waals surface area (Å²) in [5.41, 5.74) is 8.08. The molecule has 0 saturated heterocycles. The number of carbonyl (C=O) groups excluding carboxylic acids is 1. The predicted molar refractivity (Wildman–Crippen MR) is 73.9 cm³/mol. The molecule has 0 spiro atoms. The van der Waals surface area contributed by atoms with E-state index in [0.29, 0.717) is 11.4 Å². The SMILES string of the molecule is Cc1nc(C)c(C(=O)Nc2cccc(CN)c2)s1. The van der Waals surface area contributed by atoms with E-state index in [0.717, 1.165) is 22.0 Å². The molecule has 2 rings (SSSR count). The van der Waals surface area contributed by atoms with Crippen molar-refractivity contribution < 1.29 is 4.79 Å². The number of hydrogen-bond acceptors (Lipinski definition) is 4. The second-order valence-electron chi connectivity index (χ2n) is 4.01. The number of rotatable bonds is 3. The maximum absolute atomic E-state index is 12.1. The molecule has 18 heavy (non-hydrogen) atoms. The van der Waals surface area contributed by atoms with Crippen LogP contribution in [0, 0.1) is 13.8 Å². The van der Waals surface area contributed by atoms with E-state index in [4.69, 9.17) is 5.73 Å². The molecule has 0 aliphatic heterocycles. The largest absolute Gasteiger partial charge is 0.326 e. The highest BCUT2D eigenvalue weighted by molar-refractivity contribution is 7.13. The van der Waals surface area contributed by atoms with E-state index in [1.54, 1.807) is 0 Å². The summed E-state index contributed by atoms with van der Waals surface area (Å²) in [7, 11) is 0. The minimum atomic E-state index is -0.118. The first-order valence-electron chi connectivity index (χ1n) is 5.64. The van der Waals surface area contributed by atoms with Crippen LogP contribution < -0.4 is 11.1 Å². The number of nitrogens with one attached hydrogen (secondary N) is 1. The molecule has 1 heterocycles. The van der Waals surface area contributed by atoms with Gasteiger partial charge in [-0.3, -0.25) is 4.79 Å². The fourth-order valence-corrected chi connectivity index (χ4v) is 2.52. The number of anilines is 1. The maximum atomic E-state index is 12.1. The fraction of sp³-hybridized carbons (Fsp3) is 0.231. The summed E-state index contributed by atoms with van der Waals surface area (Å²) in [5, 5.41) is 3.76. The summed E-state index contributed by atoms with van der Waals surface area (Å²) in [6.45, 7) is 4.20. The standard InChI is InChI=1S/C13H15N3OS/c1-8-12(18-9(2)15-8)13(17)16-11-5-3-4-10(6-11)7-14/h3-6H,7,14H2,1-2H3,(H,16,17). The highest BCUT2D eigenvalue weighted by Gasteiger charge is 2.13. The van der Waals surface area contributed by atoms with Gasteiger partial charge < -0.3 is 11.1 Å². The summed E-state index contributed by atoms with van der Waals surface area (Å²) >= 11 is 1.40. The number of thiazole rings is 1. The Morgan fingerprint density at radius 1 is 1.44 bits per heavy atom. The van der Waals surface area contributed by atoms with Crippen molar-refractivity contribution in [1.82, 2.24) is 4.98 Å². The zero-order valence-electron chi connectivity index (χ0n) is 10.4. The molecule has 3 N–H and O–H groups in total. The third kappa shape index (κ3) is 2.75. The van der Waals surface area contributed by atoms with Crippen molar-refractivity contribution in [2.24, 2.45) is 5.73 Å². The molecule has 0 saturated carbocycles. The van der Waals surface area contributed by atoms with Gasteiger partial charge in [-0.25, -0.2) is 4.98 Å². The lowest BCUT2D eigenvalue weighted by Gasteiger charge is -2.05. The van der Waals surface area contributed by atoms with Gasteiger partial charge in [-0.2, -0.15) is 0 Å². The Balaban J connectivity index is 2.18. The Hall–Kier alpha value is -1.72. The minimum Gasteiger partial charge on any atom is -0.326 e. The van der Waals surface area contributed by atoms with Gasteiger partial charge in [0.05, 0.1) is 10.7 Å². The van der Waals surface area contributed by atoms with Gasteiger partial charge in [-0.1, -0.05) is 12.1 Å². The van der Waals surface area contributed by atoms with Crippen molar-refractivity contribution in [1.29, 1.82) is 0 Å². The van der Waals surface area contributed by atoms with E-state index in [9.17, 15) is 4.79 Å². The lowest BCUT2D eigenvalue weighted by Crippen LogP contribution is -2.12. The zero-order chi connectivity index (χ0) is 13.1. The van der Waals surface area contributed by atoms with Crippen LogP contribution in [0.25, 0.3) is 0 Å². The topological polar surface area (TPSA) is 68.0 Å². The van der Waals surface area contributed by atoms with Crippen LogP contribution in [0.5, 0.6) is 0 Å². The average molecular weight is 261 g/mol. The molecule has 1 amide bonds. The van der Waals surface area contributed by atoms with Crippen LogP contribution in [0.15, 0.2) is 24.3 Å². The lowest BCUT2D eigenvalue weighted by molar-refractivity contribution is 0.103. The molecule has 0 aliphatic carbocycles. The van der Waals surface area contributed by atoms with E-state index in [1.807, 2.05) is 38.1 Å². The number of amides is 1. The minimum absolute atomic E-state index is 0.118. The van der Waals surface area contributed by atoms with Crippen LogP contribution in [-0.2, 0) is 6.54 Å². The van der Waals surface area contributed by atoms with Gasteiger partial charge in [0.2, 0.25) is 0 Å². The van der Waals surface area contributed by atoms with Gasteiger partial charge in [0.1, 0.15) is 4.88 Å². The number of carbonyl (C=O) groups is 1. The summed E-state index contributed by atoms with van der Waals surface area (Å²) in [4.78, 5) is 17.0. The van der Waals surface area contributed by atoms with Crippen molar-refractivity contribution in [2.45, 2.75) is 20.4 Å². The third-order valence-electron chi connectivity index (χ3n) is 2.53. The predicted octanol–water partition coefficient (Wildman–Crippen LogP) is 2.47.